The van der Waals surface area contributed by atoms with Crippen LogP contribution < -0.4 is 24.3 Å². The highest BCUT2D eigenvalue weighted by Gasteiger charge is 2.31. The van der Waals surface area contributed by atoms with Crippen LogP contribution in [-0.4, -0.2) is 49.8 Å². The van der Waals surface area contributed by atoms with E-state index in [1.807, 2.05) is 43.3 Å². The summed E-state index contributed by atoms with van der Waals surface area (Å²) < 4.78 is 23.3. The van der Waals surface area contributed by atoms with Crippen molar-refractivity contribution in [1.82, 2.24) is 5.32 Å². The van der Waals surface area contributed by atoms with Gasteiger partial charge in [-0.1, -0.05) is 0 Å². The lowest BCUT2D eigenvalue weighted by molar-refractivity contribution is -0.138. The van der Waals surface area contributed by atoms with E-state index in [2.05, 4.69) is 21.2 Å². The van der Waals surface area contributed by atoms with Gasteiger partial charge in [0, 0.05) is 5.75 Å². The number of nitrogens with one attached hydrogen (secondary N) is 1. The van der Waals surface area contributed by atoms with Crippen molar-refractivity contribution in [3.8, 4) is 23.0 Å². The van der Waals surface area contributed by atoms with Gasteiger partial charge in [0.1, 0.15) is 30.8 Å². The molecule has 1 aliphatic heterocycles. The normalized spacial score (nSPS) is 18.1. The second kappa shape index (κ2) is 10.8. The Morgan fingerprint density at radius 3 is 2.50 bits per heavy atom. The van der Waals surface area contributed by atoms with Crippen molar-refractivity contribution < 1.29 is 28.8 Å². The third kappa shape index (κ3) is 5.74. The van der Waals surface area contributed by atoms with Crippen LogP contribution in [0, 0.1) is 0 Å². The Hall–Kier alpha value is -2.10. The van der Waals surface area contributed by atoms with Gasteiger partial charge in [0.25, 0.3) is 0 Å². The molecule has 1 aliphatic rings. The van der Waals surface area contributed by atoms with Crippen LogP contribution in [0.25, 0.3) is 0 Å². The Bertz CT molecular complexity index is 863. The maximum atomic E-state index is 11.2. The highest BCUT2D eigenvalue weighted by molar-refractivity contribution is 9.10. The number of carboxylic acids is 1. The fraction of sp³-hybridized carbons (Fsp3) is 0.381. The maximum absolute atomic E-state index is 11.2. The summed E-state index contributed by atoms with van der Waals surface area (Å²) in [7, 11) is 1.62. The van der Waals surface area contributed by atoms with Gasteiger partial charge in [-0.15, -0.1) is 11.8 Å². The molecule has 0 aromatic heterocycles. The summed E-state index contributed by atoms with van der Waals surface area (Å²) in [4.78, 5) is 11.2. The largest absolute Gasteiger partial charge is 0.497 e. The lowest BCUT2D eigenvalue weighted by atomic mass is 10.2. The van der Waals surface area contributed by atoms with Gasteiger partial charge in [0.15, 0.2) is 11.5 Å². The first-order valence-electron chi connectivity index (χ1n) is 9.48. The van der Waals surface area contributed by atoms with Crippen LogP contribution >= 0.6 is 27.7 Å². The molecule has 2 aromatic rings. The number of benzene rings is 2. The van der Waals surface area contributed by atoms with E-state index in [-0.39, 0.29) is 5.37 Å². The minimum absolute atomic E-state index is 0.117. The second-order valence-corrected chi connectivity index (χ2v) is 8.40. The van der Waals surface area contributed by atoms with Gasteiger partial charge in [-0.2, -0.15) is 0 Å². The van der Waals surface area contributed by atoms with Gasteiger partial charge in [0.05, 0.1) is 23.6 Å². The second-order valence-electron chi connectivity index (χ2n) is 6.41. The van der Waals surface area contributed by atoms with E-state index in [0.717, 1.165) is 21.5 Å². The van der Waals surface area contributed by atoms with Crippen LogP contribution in [0.2, 0.25) is 0 Å². The van der Waals surface area contributed by atoms with E-state index in [0.29, 0.717) is 37.1 Å². The number of hydrogen-bond acceptors (Lipinski definition) is 7. The molecule has 30 heavy (non-hydrogen) atoms. The zero-order valence-corrected chi connectivity index (χ0v) is 19.1. The Morgan fingerprint density at radius 1 is 1.17 bits per heavy atom. The predicted molar refractivity (Wildman–Crippen MR) is 119 cm³/mol. The maximum Gasteiger partial charge on any atom is 0.321 e. The molecule has 2 unspecified atom stereocenters. The molecule has 0 amide bonds. The predicted octanol–water partition coefficient (Wildman–Crippen LogP) is 4.10. The summed E-state index contributed by atoms with van der Waals surface area (Å²) in [6.45, 7) is 3.09. The van der Waals surface area contributed by atoms with Crippen LogP contribution in [-0.2, 0) is 4.79 Å². The summed E-state index contributed by atoms with van der Waals surface area (Å²) in [5, 5.41) is 12.2. The number of rotatable bonds is 10. The van der Waals surface area contributed by atoms with Gasteiger partial charge in [-0.25, -0.2) is 0 Å². The monoisotopic (exact) mass is 497 g/mol. The van der Waals surface area contributed by atoms with Crippen LogP contribution in [0.15, 0.2) is 40.9 Å². The van der Waals surface area contributed by atoms with E-state index < -0.39 is 12.0 Å². The van der Waals surface area contributed by atoms with Gasteiger partial charge in [-0.3, -0.25) is 10.1 Å². The highest BCUT2D eigenvalue weighted by atomic mass is 79.9. The number of aliphatic carboxylic acids is 1. The number of carboxylic acid groups (broad SMARTS) is 1. The Balaban J connectivity index is 1.62. The molecule has 1 heterocycles. The lowest BCUT2D eigenvalue weighted by Gasteiger charge is -2.18. The summed E-state index contributed by atoms with van der Waals surface area (Å²) in [6, 6.07) is 10.6. The molecule has 9 heteroatoms. The van der Waals surface area contributed by atoms with Crippen molar-refractivity contribution >= 4 is 33.7 Å². The average Bonchev–Trinajstić information content (AvgIpc) is 3.24. The Labute approximate surface area is 188 Å². The van der Waals surface area contributed by atoms with E-state index in [9.17, 15) is 9.90 Å². The van der Waals surface area contributed by atoms with E-state index in [1.165, 1.54) is 0 Å². The minimum Gasteiger partial charge on any atom is -0.497 e. The molecule has 2 N–H and O–H groups in total. The topological polar surface area (TPSA) is 86.3 Å². The van der Waals surface area contributed by atoms with Crippen molar-refractivity contribution in [2.45, 2.75) is 18.3 Å². The summed E-state index contributed by atoms with van der Waals surface area (Å²) in [5.74, 6) is 2.38. The SMILES string of the molecule is CCOc1cc(C2NC(C(=O)O)CS2)cc(Br)c1OCCOc1ccc(OC)cc1. The molecular formula is C21H24BrNO6S. The number of methoxy groups -OCH3 is 1. The van der Waals surface area contributed by atoms with Crippen molar-refractivity contribution in [2.24, 2.45) is 0 Å². The van der Waals surface area contributed by atoms with Gasteiger partial charge < -0.3 is 24.1 Å². The van der Waals surface area contributed by atoms with Crippen LogP contribution in [0.4, 0.5) is 0 Å². The molecule has 2 atom stereocenters. The van der Waals surface area contributed by atoms with Gasteiger partial charge in [0.2, 0.25) is 0 Å². The fourth-order valence-corrected chi connectivity index (χ4v) is 4.71. The van der Waals surface area contributed by atoms with Crippen molar-refractivity contribution in [3.63, 3.8) is 0 Å². The third-order valence-electron chi connectivity index (χ3n) is 4.37. The third-order valence-corrected chi connectivity index (χ3v) is 6.23. The van der Waals surface area contributed by atoms with E-state index in [4.69, 9.17) is 18.9 Å². The summed E-state index contributed by atoms with van der Waals surface area (Å²) in [5.41, 5.74) is 0.931. The molecule has 0 saturated carbocycles. The molecule has 0 bridgehead atoms. The molecule has 0 spiro atoms. The number of ether oxygens (including phenoxy) is 4. The molecule has 162 valence electrons. The smallest absolute Gasteiger partial charge is 0.321 e. The molecule has 1 saturated heterocycles. The quantitative estimate of drug-likeness (QED) is 0.474. The van der Waals surface area contributed by atoms with Crippen LogP contribution in [0.1, 0.15) is 17.9 Å². The zero-order chi connectivity index (χ0) is 21.5. The number of thioether (sulfide) groups is 1. The van der Waals surface area contributed by atoms with Crippen LogP contribution in [0.5, 0.6) is 23.0 Å². The van der Waals surface area contributed by atoms with Crippen LogP contribution in [0.3, 0.4) is 0 Å². The molecule has 2 aromatic carbocycles. The summed E-state index contributed by atoms with van der Waals surface area (Å²) >= 11 is 5.12. The minimum atomic E-state index is -0.842. The Morgan fingerprint density at radius 2 is 1.87 bits per heavy atom. The summed E-state index contributed by atoms with van der Waals surface area (Å²) in [6.07, 6.45) is 0. The first-order valence-corrected chi connectivity index (χ1v) is 11.3. The molecule has 0 aliphatic carbocycles. The van der Waals surface area contributed by atoms with E-state index >= 15 is 0 Å². The zero-order valence-electron chi connectivity index (χ0n) is 16.7. The van der Waals surface area contributed by atoms with Crippen molar-refractivity contribution in [3.05, 3.63) is 46.4 Å². The molecular weight excluding hydrogens is 474 g/mol. The lowest BCUT2D eigenvalue weighted by Crippen LogP contribution is -2.33. The molecule has 3 rings (SSSR count). The number of halogens is 1. The Kier molecular flexibility index (Phi) is 8.12. The van der Waals surface area contributed by atoms with Gasteiger partial charge in [-0.05, 0) is 64.8 Å². The molecule has 0 radical (unpaired) electrons. The molecule has 1 fully saturated rings. The van der Waals surface area contributed by atoms with Crippen molar-refractivity contribution in [1.29, 1.82) is 0 Å². The van der Waals surface area contributed by atoms with Gasteiger partial charge >= 0.3 is 5.97 Å². The van der Waals surface area contributed by atoms with Crippen molar-refractivity contribution in [2.75, 3.05) is 32.7 Å². The first kappa shape index (κ1) is 22.6. The number of hydrogen-bond donors (Lipinski definition) is 2. The van der Waals surface area contributed by atoms with E-state index in [1.54, 1.807) is 18.9 Å². The standard InChI is InChI=1S/C21H24BrNO6S/c1-3-27-18-11-13(20-23-17(12-30-20)21(24)25)10-16(22)19(18)29-9-8-28-15-6-4-14(26-2)5-7-15/h4-7,10-11,17,20,23H,3,8-9,12H2,1-2H3,(H,24,25). The highest BCUT2D eigenvalue weighted by Crippen LogP contribution is 2.42. The number of carbonyl (C=O) groups is 1. The first-order chi connectivity index (χ1) is 14.5. The average molecular weight is 498 g/mol. The molecule has 7 nitrogen and oxygen atoms in total. The fourth-order valence-electron chi connectivity index (χ4n) is 2.92.